The first-order chi connectivity index (χ1) is 15.8. The van der Waals surface area contributed by atoms with Crippen LogP contribution in [-0.4, -0.2) is 35.0 Å². The lowest BCUT2D eigenvalue weighted by molar-refractivity contribution is -0.112. The van der Waals surface area contributed by atoms with Crippen molar-refractivity contribution in [2.24, 2.45) is 5.41 Å². The fourth-order valence-electron chi connectivity index (χ4n) is 4.39. The van der Waals surface area contributed by atoms with E-state index in [-0.39, 0.29) is 17.1 Å². The van der Waals surface area contributed by atoms with Gasteiger partial charge in [0.25, 0.3) is 11.8 Å². The van der Waals surface area contributed by atoms with E-state index in [0.717, 1.165) is 5.56 Å². The third-order valence-corrected chi connectivity index (χ3v) is 8.78. The lowest BCUT2D eigenvalue weighted by Gasteiger charge is -2.35. The summed E-state index contributed by atoms with van der Waals surface area (Å²) in [7, 11) is 0. The van der Waals surface area contributed by atoms with E-state index in [2.05, 4.69) is 10.6 Å². The molecule has 1 amide bonds. The van der Waals surface area contributed by atoms with Crippen molar-refractivity contribution in [1.82, 2.24) is 5.32 Å². The quantitative estimate of drug-likeness (QED) is 0.277. The van der Waals surface area contributed by atoms with Crippen molar-refractivity contribution in [2.75, 3.05) is 11.9 Å². The van der Waals surface area contributed by atoms with Crippen molar-refractivity contribution in [2.45, 2.75) is 42.0 Å². The van der Waals surface area contributed by atoms with E-state index in [1.54, 1.807) is 25.1 Å². The summed E-state index contributed by atoms with van der Waals surface area (Å²) in [5.74, 6) is -3.85. The standard InChI is InChI=1S/C23H19Cl5F2N2O2/c1-11-4-12(5-17(25)18(11)26)19-21(10-33,23(19,27)28)9-31-13-2-3-16(24)15(6-13)20(34)32-14-7-22(29,30)8-14/h2-6,10,14,19,31H,7-9H2,1H3,(H,32,34). The Morgan fingerprint density at radius 1 is 1.12 bits per heavy atom. The number of nitrogens with one attached hydrogen (secondary N) is 2. The topological polar surface area (TPSA) is 58.2 Å². The number of carbonyl (C=O) groups excluding carboxylic acids is 2. The summed E-state index contributed by atoms with van der Waals surface area (Å²) in [4.78, 5) is 24.7. The third-order valence-electron chi connectivity index (χ3n) is 6.41. The predicted octanol–water partition coefficient (Wildman–Crippen LogP) is 7.05. The van der Waals surface area contributed by atoms with Crippen molar-refractivity contribution < 1.29 is 18.4 Å². The van der Waals surface area contributed by atoms with Crippen LogP contribution in [0.5, 0.6) is 0 Å². The molecular weight excluding hydrogens is 552 g/mol. The maximum atomic E-state index is 13.1. The Morgan fingerprint density at radius 3 is 2.38 bits per heavy atom. The Hall–Kier alpha value is -1.31. The van der Waals surface area contributed by atoms with Gasteiger partial charge in [-0.25, -0.2) is 8.78 Å². The van der Waals surface area contributed by atoms with Crippen molar-refractivity contribution >= 4 is 75.9 Å². The van der Waals surface area contributed by atoms with Gasteiger partial charge in [-0.05, 0) is 42.3 Å². The molecule has 2 unspecified atom stereocenters. The fourth-order valence-corrected chi connectivity index (χ4v) is 5.96. The van der Waals surface area contributed by atoms with E-state index >= 15 is 0 Å². The van der Waals surface area contributed by atoms with Gasteiger partial charge in [0.1, 0.15) is 10.6 Å². The molecule has 0 aliphatic heterocycles. The maximum absolute atomic E-state index is 13.1. The molecule has 4 rings (SSSR count). The number of hydrogen-bond acceptors (Lipinski definition) is 3. The second-order valence-electron chi connectivity index (χ2n) is 8.83. The Labute approximate surface area is 220 Å². The minimum Gasteiger partial charge on any atom is -0.384 e. The lowest BCUT2D eigenvalue weighted by Crippen LogP contribution is -2.50. The van der Waals surface area contributed by atoms with Crippen molar-refractivity contribution in [3.05, 3.63) is 62.1 Å². The number of anilines is 1. The van der Waals surface area contributed by atoms with E-state index in [0.29, 0.717) is 27.6 Å². The van der Waals surface area contributed by atoms with Gasteiger partial charge < -0.3 is 15.4 Å². The molecule has 182 valence electrons. The number of amides is 1. The van der Waals surface area contributed by atoms with Crippen LogP contribution in [0.4, 0.5) is 14.5 Å². The van der Waals surface area contributed by atoms with Gasteiger partial charge in [0.15, 0.2) is 0 Å². The first-order valence-electron chi connectivity index (χ1n) is 10.3. The number of alkyl halides is 4. The Morgan fingerprint density at radius 2 is 1.79 bits per heavy atom. The van der Waals surface area contributed by atoms with Crippen LogP contribution in [0.3, 0.4) is 0 Å². The van der Waals surface area contributed by atoms with Gasteiger partial charge in [-0.1, -0.05) is 64.1 Å². The van der Waals surface area contributed by atoms with Crippen LogP contribution >= 0.6 is 58.0 Å². The van der Waals surface area contributed by atoms with Gasteiger partial charge >= 0.3 is 0 Å². The zero-order valence-electron chi connectivity index (χ0n) is 17.7. The Bertz CT molecular complexity index is 1150. The number of halogens is 7. The van der Waals surface area contributed by atoms with Gasteiger partial charge in [-0.15, -0.1) is 0 Å². The van der Waals surface area contributed by atoms with E-state index in [1.165, 1.54) is 12.1 Å². The van der Waals surface area contributed by atoms with Gasteiger partial charge in [-0.2, -0.15) is 0 Å². The SMILES string of the molecule is Cc1cc(C2C(Cl)(Cl)C2(C=O)CNc2ccc(Cl)c(C(=O)NC3CC(F)(F)C3)c2)cc(Cl)c1Cl. The van der Waals surface area contributed by atoms with E-state index in [4.69, 9.17) is 58.0 Å². The van der Waals surface area contributed by atoms with Gasteiger partial charge in [-0.3, -0.25) is 4.79 Å². The summed E-state index contributed by atoms with van der Waals surface area (Å²) in [5, 5.41) is 6.56. The summed E-state index contributed by atoms with van der Waals surface area (Å²) in [5.41, 5.74) is 0.844. The normalized spacial score (nSPS) is 24.8. The molecule has 0 radical (unpaired) electrons. The minimum absolute atomic E-state index is 0.0605. The minimum atomic E-state index is -2.75. The molecule has 34 heavy (non-hydrogen) atoms. The molecule has 2 aliphatic carbocycles. The van der Waals surface area contributed by atoms with Crippen LogP contribution < -0.4 is 10.6 Å². The van der Waals surface area contributed by atoms with Crippen LogP contribution in [0.25, 0.3) is 0 Å². The predicted molar refractivity (Wildman–Crippen MR) is 132 cm³/mol. The molecule has 2 fully saturated rings. The monoisotopic (exact) mass is 568 g/mol. The molecule has 2 aromatic carbocycles. The molecule has 0 bridgehead atoms. The number of aldehydes is 1. The highest BCUT2D eigenvalue weighted by Gasteiger charge is 2.76. The smallest absolute Gasteiger partial charge is 0.253 e. The van der Waals surface area contributed by atoms with Crippen molar-refractivity contribution in [3.8, 4) is 0 Å². The summed E-state index contributed by atoms with van der Waals surface area (Å²) < 4.78 is 24.7. The van der Waals surface area contributed by atoms with Crippen LogP contribution in [0.15, 0.2) is 30.3 Å². The maximum Gasteiger partial charge on any atom is 0.253 e. The highest BCUT2D eigenvalue weighted by molar-refractivity contribution is 6.54. The van der Waals surface area contributed by atoms with E-state index in [1.807, 2.05) is 0 Å². The molecule has 0 aromatic heterocycles. The fraction of sp³-hybridized carbons (Fsp3) is 0.391. The van der Waals surface area contributed by atoms with Gasteiger partial charge in [0, 0.05) is 37.0 Å². The zero-order valence-corrected chi connectivity index (χ0v) is 21.5. The molecule has 0 spiro atoms. The highest BCUT2D eigenvalue weighted by Crippen LogP contribution is 2.73. The molecule has 11 heteroatoms. The van der Waals surface area contributed by atoms with Crippen LogP contribution in [-0.2, 0) is 4.79 Å². The molecular formula is C23H19Cl5F2N2O2. The number of hydrogen-bond donors (Lipinski definition) is 2. The Balaban J connectivity index is 1.50. The Kier molecular flexibility index (Phi) is 6.80. The third kappa shape index (κ3) is 4.48. The van der Waals surface area contributed by atoms with Crippen LogP contribution in [0.2, 0.25) is 15.1 Å². The number of rotatable bonds is 7. The molecule has 2 aromatic rings. The molecule has 2 aliphatic rings. The summed E-state index contributed by atoms with van der Waals surface area (Å²) >= 11 is 31.6. The molecule has 2 N–H and O–H groups in total. The van der Waals surface area contributed by atoms with Gasteiger partial charge in [0.05, 0.1) is 26.0 Å². The number of aryl methyl sites for hydroxylation is 1. The van der Waals surface area contributed by atoms with Crippen LogP contribution in [0.1, 0.15) is 40.2 Å². The highest BCUT2D eigenvalue weighted by atomic mass is 35.5. The lowest BCUT2D eigenvalue weighted by atomic mass is 9.88. The van der Waals surface area contributed by atoms with Crippen molar-refractivity contribution in [3.63, 3.8) is 0 Å². The molecule has 0 heterocycles. The largest absolute Gasteiger partial charge is 0.384 e. The first kappa shape index (κ1) is 25.8. The molecule has 2 atom stereocenters. The van der Waals surface area contributed by atoms with Gasteiger partial charge in [0.2, 0.25) is 0 Å². The molecule has 2 saturated carbocycles. The second-order valence-corrected chi connectivity index (χ2v) is 11.4. The summed E-state index contributed by atoms with van der Waals surface area (Å²) in [6.45, 7) is 1.85. The average molecular weight is 571 g/mol. The number of benzene rings is 2. The van der Waals surface area contributed by atoms with E-state index < -0.39 is 46.4 Å². The average Bonchev–Trinajstić information content (AvgIpc) is 3.24. The molecule has 0 saturated heterocycles. The van der Waals surface area contributed by atoms with Crippen LogP contribution in [0, 0.1) is 12.3 Å². The summed E-state index contributed by atoms with van der Waals surface area (Å²) in [6.07, 6.45) is -0.0959. The van der Waals surface area contributed by atoms with E-state index in [9.17, 15) is 18.4 Å². The van der Waals surface area contributed by atoms with Crippen molar-refractivity contribution in [1.29, 1.82) is 0 Å². The number of carbonyl (C=O) groups is 2. The second kappa shape index (κ2) is 8.97. The molecule has 4 nitrogen and oxygen atoms in total. The zero-order chi connectivity index (χ0) is 25.1. The first-order valence-corrected chi connectivity index (χ1v) is 12.2. The summed E-state index contributed by atoms with van der Waals surface area (Å²) in [6, 6.07) is 7.43.